The first-order valence-electron chi connectivity index (χ1n) is 7.31. The number of anilines is 2. The zero-order chi connectivity index (χ0) is 14.4. The Morgan fingerprint density at radius 3 is 3.10 bits per heavy atom. The molecule has 1 aromatic heterocycles. The largest absolute Gasteiger partial charge is 0.384 e. The second kappa shape index (κ2) is 7.40. The summed E-state index contributed by atoms with van der Waals surface area (Å²) in [5.74, 6) is 2.58. The molecule has 20 heavy (non-hydrogen) atoms. The van der Waals surface area contributed by atoms with Crippen molar-refractivity contribution in [3.63, 3.8) is 0 Å². The Morgan fingerprint density at radius 2 is 2.35 bits per heavy atom. The van der Waals surface area contributed by atoms with Gasteiger partial charge in [-0.05, 0) is 39.3 Å². The van der Waals surface area contributed by atoms with E-state index in [1.807, 2.05) is 6.92 Å². The fourth-order valence-electron chi connectivity index (χ4n) is 2.55. The number of nitrogens with two attached hydrogens (primary N) is 1. The molecule has 112 valence electrons. The monoisotopic (exact) mass is 279 g/mol. The molecule has 1 aliphatic heterocycles. The first-order chi connectivity index (χ1) is 9.67. The molecule has 6 nitrogen and oxygen atoms in total. The summed E-state index contributed by atoms with van der Waals surface area (Å²) in [6.45, 7) is 6.27. The molecule has 1 aromatic rings. The minimum atomic E-state index is 0.405. The van der Waals surface area contributed by atoms with Crippen LogP contribution in [0.15, 0.2) is 6.07 Å². The molecule has 1 saturated heterocycles. The normalized spacial score (nSPS) is 20.0. The molecule has 2 heterocycles. The van der Waals surface area contributed by atoms with Crippen LogP contribution in [0.1, 0.15) is 25.6 Å². The lowest BCUT2D eigenvalue weighted by molar-refractivity contribution is 0.128. The van der Waals surface area contributed by atoms with Crippen molar-refractivity contribution in [2.75, 3.05) is 44.3 Å². The molecule has 0 saturated carbocycles. The lowest BCUT2D eigenvalue weighted by Gasteiger charge is -2.29. The predicted molar refractivity (Wildman–Crippen MR) is 80.5 cm³/mol. The van der Waals surface area contributed by atoms with Crippen LogP contribution < -0.4 is 11.1 Å². The minimum absolute atomic E-state index is 0.405. The van der Waals surface area contributed by atoms with Crippen LogP contribution in [0.4, 0.5) is 11.6 Å². The molecule has 0 spiro atoms. The van der Waals surface area contributed by atoms with Gasteiger partial charge in [0, 0.05) is 25.8 Å². The van der Waals surface area contributed by atoms with Gasteiger partial charge in [0.05, 0.1) is 0 Å². The summed E-state index contributed by atoms with van der Waals surface area (Å²) in [6.07, 6.45) is 2.54. The number of hydrogen-bond donors (Lipinski definition) is 2. The number of nitrogens with one attached hydrogen (secondary N) is 1. The summed E-state index contributed by atoms with van der Waals surface area (Å²) < 4.78 is 5.32. The first-order valence-corrected chi connectivity index (χ1v) is 7.31. The van der Waals surface area contributed by atoms with Gasteiger partial charge in [-0.25, -0.2) is 9.97 Å². The Kier molecular flexibility index (Phi) is 5.55. The maximum Gasteiger partial charge on any atom is 0.158 e. The quantitative estimate of drug-likeness (QED) is 0.818. The number of nitrogens with zero attached hydrogens (tertiary/aromatic N) is 3. The number of aromatic nitrogens is 2. The second-order valence-corrected chi connectivity index (χ2v) is 5.38. The van der Waals surface area contributed by atoms with Gasteiger partial charge in [0.25, 0.3) is 0 Å². The third kappa shape index (κ3) is 4.61. The van der Waals surface area contributed by atoms with Crippen molar-refractivity contribution < 1.29 is 4.74 Å². The third-order valence-electron chi connectivity index (χ3n) is 3.52. The van der Waals surface area contributed by atoms with Gasteiger partial charge in [-0.3, -0.25) is 0 Å². The smallest absolute Gasteiger partial charge is 0.158 e. The van der Waals surface area contributed by atoms with Crippen LogP contribution in [0.2, 0.25) is 0 Å². The van der Waals surface area contributed by atoms with E-state index in [0.29, 0.717) is 30.8 Å². The van der Waals surface area contributed by atoms with E-state index in [0.717, 1.165) is 18.9 Å². The van der Waals surface area contributed by atoms with Gasteiger partial charge in [-0.1, -0.05) is 0 Å². The molecule has 6 heteroatoms. The Morgan fingerprint density at radius 1 is 1.50 bits per heavy atom. The van der Waals surface area contributed by atoms with Crippen molar-refractivity contribution in [2.24, 2.45) is 5.92 Å². The SMILES string of the molecule is CCOCc1nc(N)cc(NCC2CCCN(C)C2)n1. The van der Waals surface area contributed by atoms with Crippen molar-refractivity contribution >= 4 is 11.6 Å². The standard InChI is InChI=1S/C14H25N5O/c1-3-20-10-14-17-12(15)7-13(18-14)16-8-11-5-4-6-19(2)9-11/h7,11H,3-6,8-10H2,1-2H3,(H3,15,16,17,18). The molecular weight excluding hydrogens is 254 g/mol. The number of likely N-dealkylation sites (tertiary alicyclic amines) is 1. The number of piperidine rings is 1. The van der Waals surface area contributed by atoms with E-state index in [1.54, 1.807) is 6.07 Å². The average molecular weight is 279 g/mol. The van der Waals surface area contributed by atoms with Crippen LogP contribution in [0, 0.1) is 5.92 Å². The van der Waals surface area contributed by atoms with Crippen molar-refractivity contribution in [3.05, 3.63) is 11.9 Å². The van der Waals surface area contributed by atoms with Gasteiger partial charge in [-0.15, -0.1) is 0 Å². The van der Waals surface area contributed by atoms with Crippen molar-refractivity contribution in [2.45, 2.75) is 26.4 Å². The Hall–Kier alpha value is -1.40. The maximum atomic E-state index is 5.81. The summed E-state index contributed by atoms with van der Waals surface area (Å²) in [4.78, 5) is 11.0. The summed E-state index contributed by atoms with van der Waals surface area (Å²) in [5.41, 5.74) is 5.81. The molecule has 1 unspecified atom stereocenters. The third-order valence-corrected chi connectivity index (χ3v) is 3.52. The molecular formula is C14H25N5O. The Bertz CT molecular complexity index is 426. The lowest BCUT2D eigenvalue weighted by Crippen LogP contribution is -2.35. The summed E-state index contributed by atoms with van der Waals surface area (Å²) in [5, 5.41) is 3.38. The van der Waals surface area contributed by atoms with Gasteiger partial charge < -0.3 is 20.7 Å². The number of nitrogen functional groups attached to an aromatic ring is 1. The molecule has 0 amide bonds. The molecule has 0 aliphatic carbocycles. The Labute approximate surface area is 120 Å². The van der Waals surface area contributed by atoms with Gasteiger partial charge in [0.1, 0.15) is 18.2 Å². The molecule has 0 aromatic carbocycles. The highest BCUT2D eigenvalue weighted by molar-refractivity contribution is 5.44. The highest BCUT2D eigenvalue weighted by Crippen LogP contribution is 2.16. The zero-order valence-corrected chi connectivity index (χ0v) is 12.4. The number of rotatable bonds is 6. The highest BCUT2D eigenvalue weighted by Gasteiger charge is 2.17. The van der Waals surface area contributed by atoms with E-state index in [-0.39, 0.29) is 0 Å². The topological polar surface area (TPSA) is 76.3 Å². The van der Waals surface area contributed by atoms with Crippen molar-refractivity contribution in [1.82, 2.24) is 14.9 Å². The predicted octanol–water partition coefficient (Wildman–Crippen LogP) is 1.35. The van der Waals surface area contributed by atoms with E-state index in [9.17, 15) is 0 Å². The van der Waals surface area contributed by atoms with E-state index < -0.39 is 0 Å². The van der Waals surface area contributed by atoms with Crippen LogP contribution in [-0.2, 0) is 11.3 Å². The van der Waals surface area contributed by atoms with Crippen LogP contribution in [0.5, 0.6) is 0 Å². The fraction of sp³-hybridized carbons (Fsp3) is 0.714. The van der Waals surface area contributed by atoms with E-state index in [1.165, 1.54) is 19.4 Å². The lowest BCUT2D eigenvalue weighted by atomic mass is 9.98. The van der Waals surface area contributed by atoms with Crippen molar-refractivity contribution in [1.29, 1.82) is 0 Å². The highest BCUT2D eigenvalue weighted by atomic mass is 16.5. The van der Waals surface area contributed by atoms with Gasteiger partial charge in [-0.2, -0.15) is 0 Å². The molecule has 1 aliphatic rings. The van der Waals surface area contributed by atoms with E-state index >= 15 is 0 Å². The zero-order valence-electron chi connectivity index (χ0n) is 12.4. The molecule has 1 atom stereocenters. The summed E-state index contributed by atoms with van der Waals surface area (Å²) in [6, 6.07) is 1.78. The first kappa shape index (κ1) is 15.0. The van der Waals surface area contributed by atoms with E-state index in [4.69, 9.17) is 10.5 Å². The van der Waals surface area contributed by atoms with Crippen LogP contribution in [0.3, 0.4) is 0 Å². The maximum absolute atomic E-state index is 5.81. The molecule has 2 rings (SSSR count). The second-order valence-electron chi connectivity index (χ2n) is 5.38. The average Bonchev–Trinajstić information content (AvgIpc) is 2.42. The molecule has 1 fully saturated rings. The minimum Gasteiger partial charge on any atom is -0.384 e. The Balaban J connectivity index is 1.89. The van der Waals surface area contributed by atoms with Crippen LogP contribution in [0.25, 0.3) is 0 Å². The number of ether oxygens (including phenoxy) is 1. The van der Waals surface area contributed by atoms with Crippen LogP contribution >= 0.6 is 0 Å². The molecule has 0 bridgehead atoms. The van der Waals surface area contributed by atoms with Crippen molar-refractivity contribution in [3.8, 4) is 0 Å². The fourth-order valence-corrected chi connectivity index (χ4v) is 2.55. The van der Waals surface area contributed by atoms with Crippen LogP contribution in [-0.4, -0.2) is 48.2 Å². The van der Waals surface area contributed by atoms with Gasteiger partial charge in [0.2, 0.25) is 0 Å². The van der Waals surface area contributed by atoms with E-state index in [2.05, 4.69) is 27.2 Å². The van der Waals surface area contributed by atoms with Gasteiger partial charge >= 0.3 is 0 Å². The number of hydrogen-bond acceptors (Lipinski definition) is 6. The molecule has 3 N–H and O–H groups in total. The summed E-state index contributed by atoms with van der Waals surface area (Å²) in [7, 11) is 2.18. The molecule has 0 radical (unpaired) electrons. The summed E-state index contributed by atoms with van der Waals surface area (Å²) >= 11 is 0. The van der Waals surface area contributed by atoms with Gasteiger partial charge in [0.15, 0.2) is 5.82 Å².